The van der Waals surface area contributed by atoms with Crippen molar-refractivity contribution in [2.75, 3.05) is 27.2 Å². The largest absolute Gasteiger partial charge is 0.389 e. The molecule has 0 spiro atoms. The zero-order valence-corrected chi connectivity index (χ0v) is 9.88. The fourth-order valence-corrected chi connectivity index (χ4v) is 2.53. The average molecular weight is 200 g/mol. The second-order valence-corrected chi connectivity index (χ2v) is 5.06. The Morgan fingerprint density at radius 3 is 2.21 bits per heavy atom. The van der Waals surface area contributed by atoms with Gasteiger partial charge in [-0.05, 0) is 59.8 Å². The molecule has 1 atom stereocenters. The molecule has 2 N–H and O–H groups in total. The summed E-state index contributed by atoms with van der Waals surface area (Å²) in [6.45, 7) is 6.09. The number of nitrogens with zero attached hydrogens (tertiary/aromatic N) is 1. The van der Waals surface area contributed by atoms with E-state index in [-0.39, 0.29) is 6.04 Å². The summed E-state index contributed by atoms with van der Waals surface area (Å²) in [5.41, 5.74) is -0.616. The van der Waals surface area contributed by atoms with E-state index in [0.717, 1.165) is 13.1 Å². The minimum atomic E-state index is -0.616. The lowest BCUT2D eigenvalue weighted by atomic mass is 9.81. The van der Waals surface area contributed by atoms with Gasteiger partial charge in [0.25, 0.3) is 0 Å². The van der Waals surface area contributed by atoms with Crippen LogP contribution < -0.4 is 5.32 Å². The predicted octanol–water partition coefficient (Wildman–Crippen LogP) is 0.687. The molecule has 0 aromatic rings. The van der Waals surface area contributed by atoms with Crippen LogP contribution in [0.4, 0.5) is 0 Å². The third-order valence-corrected chi connectivity index (χ3v) is 3.31. The molecule has 3 heteroatoms. The number of hydrogen-bond donors (Lipinski definition) is 2. The quantitative estimate of drug-likeness (QED) is 0.703. The minimum absolute atomic E-state index is 0.219. The second-order valence-electron chi connectivity index (χ2n) is 5.06. The highest BCUT2D eigenvalue weighted by Crippen LogP contribution is 2.26. The fourth-order valence-electron chi connectivity index (χ4n) is 2.53. The maximum absolute atomic E-state index is 10.0. The van der Waals surface area contributed by atoms with Gasteiger partial charge in [-0.3, -0.25) is 0 Å². The van der Waals surface area contributed by atoms with Gasteiger partial charge in [0.2, 0.25) is 0 Å². The Bertz CT molecular complexity index is 169. The van der Waals surface area contributed by atoms with E-state index in [2.05, 4.69) is 17.3 Å². The molecule has 0 amide bonds. The van der Waals surface area contributed by atoms with Crippen LogP contribution in [0.15, 0.2) is 0 Å². The van der Waals surface area contributed by atoms with Gasteiger partial charge in [0.1, 0.15) is 0 Å². The van der Waals surface area contributed by atoms with Crippen LogP contribution >= 0.6 is 0 Å². The molecule has 1 heterocycles. The van der Waals surface area contributed by atoms with Crippen molar-refractivity contribution in [3.8, 4) is 0 Å². The normalized spacial score (nSPS) is 23.8. The van der Waals surface area contributed by atoms with E-state index in [9.17, 15) is 5.11 Å². The van der Waals surface area contributed by atoms with E-state index in [0.29, 0.717) is 5.92 Å². The topological polar surface area (TPSA) is 35.5 Å². The van der Waals surface area contributed by atoms with Crippen molar-refractivity contribution in [3.05, 3.63) is 0 Å². The molecule has 84 valence electrons. The molecule has 1 unspecified atom stereocenters. The van der Waals surface area contributed by atoms with E-state index in [1.54, 1.807) is 0 Å². The van der Waals surface area contributed by atoms with Crippen molar-refractivity contribution in [2.24, 2.45) is 5.92 Å². The molecule has 1 rings (SSSR count). The van der Waals surface area contributed by atoms with Gasteiger partial charge in [-0.2, -0.15) is 0 Å². The van der Waals surface area contributed by atoms with Gasteiger partial charge in [-0.1, -0.05) is 0 Å². The molecule has 1 saturated heterocycles. The van der Waals surface area contributed by atoms with Gasteiger partial charge < -0.3 is 15.3 Å². The Kier molecular flexibility index (Phi) is 3.93. The lowest BCUT2D eigenvalue weighted by Crippen LogP contribution is -2.52. The Morgan fingerprint density at radius 2 is 1.86 bits per heavy atom. The molecule has 3 nitrogen and oxygen atoms in total. The van der Waals surface area contributed by atoms with Gasteiger partial charge in [0.05, 0.1) is 5.60 Å². The third kappa shape index (κ3) is 2.94. The summed E-state index contributed by atoms with van der Waals surface area (Å²) in [4.78, 5) is 2.35. The SMILES string of the molecule is CNC(C1CCN(C)CC1)C(C)(C)O. The smallest absolute Gasteiger partial charge is 0.0746 e. The summed E-state index contributed by atoms with van der Waals surface area (Å²) in [5.74, 6) is 0.608. The van der Waals surface area contributed by atoms with Gasteiger partial charge in [0, 0.05) is 6.04 Å². The molecule has 1 aliphatic heterocycles. The van der Waals surface area contributed by atoms with Crippen LogP contribution in [0.3, 0.4) is 0 Å². The zero-order chi connectivity index (χ0) is 10.8. The summed E-state index contributed by atoms with van der Waals surface area (Å²) in [7, 11) is 4.11. The summed E-state index contributed by atoms with van der Waals surface area (Å²) in [6, 6.07) is 0.219. The number of hydrogen-bond acceptors (Lipinski definition) is 3. The van der Waals surface area contributed by atoms with Crippen molar-refractivity contribution < 1.29 is 5.11 Å². The summed E-state index contributed by atoms with van der Waals surface area (Å²) < 4.78 is 0. The van der Waals surface area contributed by atoms with Crippen LogP contribution in [0.25, 0.3) is 0 Å². The van der Waals surface area contributed by atoms with Crippen LogP contribution in [-0.4, -0.2) is 48.8 Å². The first-order valence-electron chi connectivity index (χ1n) is 5.53. The van der Waals surface area contributed by atoms with Crippen LogP contribution in [0, 0.1) is 5.92 Å². The van der Waals surface area contributed by atoms with E-state index < -0.39 is 5.60 Å². The van der Waals surface area contributed by atoms with Crippen LogP contribution in [0.5, 0.6) is 0 Å². The molecule has 0 aromatic carbocycles. The molecule has 0 aromatic heterocycles. The lowest BCUT2D eigenvalue weighted by molar-refractivity contribution is 0.00441. The van der Waals surface area contributed by atoms with Gasteiger partial charge in [-0.25, -0.2) is 0 Å². The van der Waals surface area contributed by atoms with Crippen molar-refractivity contribution in [2.45, 2.75) is 38.3 Å². The van der Waals surface area contributed by atoms with E-state index >= 15 is 0 Å². The molecule has 0 saturated carbocycles. The summed E-state index contributed by atoms with van der Waals surface area (Å²) >= 11 is 0. The number of aliphatic hydroxyl groups is 1. The molecule has 1 fully saturated rings. The maximum Gasteiger partial charge on any atom is 0.0746 e. The molecule has 14 heavy (non-hydrogen) atoms. The minimum Gasteiger partial charge on any atom is -0.389 e. The van der Waals surface area contributed by atoms with Gasteiger partial charge in [-0.15, -0.1) is 0 Å². The fraction of sp³-hybridized carbons (Fsp3) is 1.00. The number of nitrogens with one attached hydrogen (secondary N) is 1. The highest BCUT2D eigenvalue weighted by atomic mass is 16.3. The van der Waals surface area contributed by atoms with E-state index in [1.807, 2.05) is 20.9 Å². The van der Waals surface area contributed by atoms with Crippen LogP contribution in [0.1, 0.15) is 26.7 Å². The van der Waals surface area contributed by atoms with Crippen molar-refractivity contribution in [1.82, 2.24) is 10.2 Å². The number of likely N-dealkylation sites (tertiary alicyclic amines) is 1. The maximum atomic E-state index is 10.0. The predicted molar refractivity (Wildman–Crippen MR) is 59.4 cm³/mol. The van der Waals surface area contributed by atoms with E-state index in [1.165, 1.54) is 12.8 Å². The first kappa shape index (κ1) is 12.0. The zero-order valence-electron chi connectivity index (χ0n) is 9.88. The number of rotatable bonds is 3. The van der Waals surface area contributed by atoms with Crippen molar-refractivity contribution in [1.29, 1.82) is 0 Å². The van der Waals surface area contributed by atoms with Gasteiger partial charge >= 0.3 is 0 Å². The number of likely N-dealkylation sites (N-methyl/N-ethyl adjacent to an activating group) is 1. The molecule has 0 radical (unpaired) electrons. The molecular weight excluding hydrogens is 176 g/mol. The van der Waals surface area contributed by atoms with E-state index in [4.69, 9.17) is 0 Å². The first-order valence-corrected chi connectivity index (χ1v) is 5.53. The van der Waals surface area contributed by atoms with Gasteiger partial charge in [0.15, 0.2) is 0 Å². The molecule has 1 aliphatic rings. The highest BCUT2D eigenvalue weighted by molar-refractivity contribution is 4.90. The lowest BCUT2D eigenvalue weighted by Gasteiger charge is -2.39. The Hall–Kier alpha value is -0.120. The second kappa shape index (κ2) is 4.60. The Balaban J connectivity index is 2.54. The molecule has 0 bridgehead atoms. The molecule has 0 aliphatic carbocycles. The standard InChI is InChI=1S/C11H24N2O/c1-11(2,14)10(12-3)9-5-7-13(4)8-6-9/h9-10,12,14H,5-8H2,1-4H3. The molecular formula is C11H24N2O. The summed E-state index contributed by atoms with van der Waals surface area (Å²) in [6.07, 6.45) is 2.37. The average Bonchev–Trinajstić information content (AvgIpc) is 2.07. The Morgan fingerprint density at radius 1 is 1.36 bits per heavy atom. The summed E-state index contributed by atoms with van der Waals surface area (Å²) in [5, 5.41) is 13.3. The van der Waals surface area contributed by atoms with Crippen LogP contribution in [-0.2, 0) is 0 Å². The number of piperidine rings is 1. The van der Waals surface area contributed by atoms with Crippen molar-refractivity contribution >= 4 is 0 Å². The monoisotopic (exact) mass is 200 g/mol. The first-order chi connectivity index (χ1) is 6.45. The van der Waals surface area contributed by atoms with Crippen molar-refractivity contribution in [3.63, 3.8) is 0 Å². The Labute approximate surface area is 87.5 Å². The van der Waals surface area contributed by atoms with Crippen LogP contribution in [0.2, 0.25) is 0 Å². The third-order valence-electron chi connectivity index (χ3n) is 3.31. The highest BCUT2D eigenvalue weighted by Gasteiger charge is 2.34.